The lowest BCUT2D eigenvalue weighted by molar-refractivity contribution is 1.37. The molecule has 10 rings (SSSR count). The molecule has 6 aromatic carbocycles. The van der Waals surface area contributed by atoms with Gasteiger partial charge in [0.1, 0.15) is 0 Å². The zero-order valence-corrected chi connectivity index (χ0v) is 20.4. The fraction of sp³-hybridized carbons (Fsp3) is 0. The summed E-state index contributed by atoms with van der Waals surface area (Å²) in [5.41, 5.74) is 10.3. The summed E-state index contributed by atoms with van der Waals surface area (Å²) in [5, 5.41) is 10.8. The molecule has 4 heterocycles. The molecule has 2 heteroatoms. The maximum Gasteiger partial charge on any atom is 0.0634 e. The van der Waals surface area contributed by atoms with Gasteiger partial charge in [-0.25, -0.2) is 0 Å². The average molecular weight is 481 g/mol. The standard InChI is InChI=1S/C36H20N2/c1-2-11-21(12-3-1)22-16-10-20-29-30(22)34-33-25-15-6-8-18-27(25)37-26-17-7-4-13-23(26)31(35(33)37)32-24-14-5-9-19-28(24)38(29)36(32)34/h1-20H. The van der Waals surface area contributed by atoms with Crippen LogP contribution in [0.1, 0.15) is 0 Å². The summed E-state index contributed by atoms with van der Waals surface area (Å²) in [5.74, 6) is 0. The van der Waals surface area contributed by atoms with Gasteiger partial charge in [0.15, 0.2) is 0 Å². The molecule has 0 bridgehead atoms. The molecule has 0 radical (unpaired) electrons. The molecule has 0 N–H and O–H groups in total. The van der Waals surface area contributed by atoms with Gasteiger partial charge >= 0.3 is 0 Å². The third kappa shape index (κ3) is 1.99. The van der Waals surface area contributed by atoms with Crippen LogP contribution in [0.3, 0.4) is 0 Å². The second kappa shape index (κ2) is 6.42. The van der Waals surface area contributed by atoms with E-state index in [4.69, 9.17) is 0 Å². The topological polar surface area (TPSA) is 8.82 Å². The van der Waals surface area contributed by atoms with Crippen molar-refractivity contribution in [1.82, 2.24) is 8.80 Å². The molecule has 0 unspecified atom stereocenters. The summed E-state index contributed by atoms with van der Waals surface area (Å²) in [6.07, 6.45) is 0. The number of hydrogen-bond donors (Lipinski definition) is 0. The zero-order valence-electron chi connectivity index (χ0n) is 20.4. The SMILES string of the molecule is c1ccc(-c2cccc3c2c2c4c5ccccc5n5c6ccccc6c(c6c7ccccc7n3c62)c45)cc1. The Morgan fingerprint density at radius 1 is 0.316 bits per heavy atom. The number of aromatic nitrogens is 2. The van der Waals surface area contributed by atoms with Crippen molar-refractivity contribution in [1.29, 1.82) is 0 Å². The molecule has 10 aromatic rings. The van der Waals surface area contributed by atoms with Crippen molar-refractivity contribution in [3.63, 3.8) is 0 Å². The Bertz CT molecular complexity index is 2540. The summed E-state index contributed by atoms with van der Waals surface area (Å²) in [6.45, 7) is 0. The van der Waals surface area contributed by atoms with Crippen LogP contribution in [0.2, 0.25) is 0 Å². The third-order valence-electron chi connectivity index (χ3n) is 8.76. The number of rotatable bonds is 1. The molecule has 4 aromatic heterocycles. The summed E-state index contributed by atoms with van der Waals surface area (Å²) in [7, 11) is 0. The van der Waals surface area contributed by atoms with Crippen LogP contribution in [0, 0.1) is 0 Å². The number of para-hydroxylation sites is 3. The number of fused-ring (bicyclic) bond motifs is 14. The van der Waals surface area contributed by atoms with Crippen molar-refractivity contribution < 1.29 is 0 Å². The van der Waals surface area contributed by atoms with E-state index in [1.54, 1.807) is 0 Å². The molecule has 38 heavy (non-hydrogen) atoms. The molecule has 2 nitrogen and oxygen atoms in total. The second-order valence-corrected chi connectivity index (χ2v) is 10.5. The van der Waals surface area contributed by atoms with Crippen molar-refractivity contribution in [2.45, 2.75) is 0 Å². The molecule has 0 saturated heterocycles. The van der Waals surface area contributed by atoms with E-state index in [0.29, 0.717) is 0 Å². The van der Waals surface area contributed by atoms with E-state index in [2.05, 4.69) is 130 Å². The molecule has 0 atom stereocenters. The van der Waals surface area contributed by atoms with E-state index in [9.17, 15) is 0 Å². The maximum absolute atomic E-state index is 2.53. The molecule has 0 saturated carbocycles. The highest BCUT2D eigenvalue weighted by molar-refractivity contribution is 6.45. The predicted octanol–water partition coefficient (Wildman–Crippen LogP) is 9.65. The lowest BCUT2D eigenvalue weighted by Crippen LogP contribution is -1.82. The van der Waals surface area contributed by atoms with Gasteiger partial charge in [-0.05, 0) is 35.4 Å². The number of nitrogens with zero attached hydrogens (tertiary/aromatic N) is 2. The third-order valence-corrected chi connectivity index (χ3v) is 8.76. The van der Waals surface area contributed by atoms with Gasteiger partial charge in [-0.1, -0.05) is 97.1 Å². The maximum atomic E-state index is 2.53. The Labute approximate surface area is 217 Å². The van der Waals surface area contributed by atoms with Crippen LogP contribution in [-0.4, -0.2) is 8.80 Å². The second-order valence-electron chi connectivity index (χ2n) is 10.5. The number of hydrogen-bond acceptors (Lipinski definition) is 0. The van der Waals surface area contributed by atoms with Crippen molar-refractivity contribution in [3.8, 4) is 11.1 Å². The van der Waals surface area contributed by atoms with Gasteiger partial charge in [-0.3, -0.25) is 0 Å². The number of benzene rings is 6. The molecule has 0 aliphatic heterocycles. The van der Waals surface area contributed by atoms with Crippen molar-refractivity contribution in [2.24, 2.45) is 0 Å². The monoisotopic (exact) mass is 480 g/mol. The lowest BCUT2D eigenvalue weighted by Gasteiger charge is -2.07. The first-order valence-corrected chi connectivity index (χ1v) is 13.2. The molecule has 0 fully saturated rings. The first-order valence-electron chi connectivity index (χ1n) is 13.2. The predicted molar refractivity (Wildman–Crippen MR) is 161 cm³/mol. The first-order chi connectivity index (χ1) is 18.9. The fourth-order valence-corrected chi connectivity index (χ4v) is 7.43. The summed E-state index contributed by atoms with van der Waals surface area (Å²) < 4.78 is 5.05. The summed E-state index contributed by atoms with van der Waals surface area (Å²) in [4.78, 5) is 0. The van der Waals surface area contributed by atoms with E-state index >= 15 is 0 Å². The van der Waals surface area contributed by atoms with Gasteiger partial charge in [-0.15, -0.1) is 0 Å². The smallest absolute Gasteiger partial charge is 0.0634 e. The van der Waals surface area contributed by atoms with E-state index in [1.165, 1.54) is 87.3 Å². The van der Waals surface area contributed by atoms with Gasteiger partial charge in [-0.2, -0.15) is 0 Å². The Morgan fingerprint density at radius 3 is 1.37 bits per heavy atom. The summed E-state index contributed by atoms with van der Waals surface area (Å²) in [6, 6.07) is 44.5. The molecular weight excluding hydrogens is 460 g/mol. The van der Waals surface area contributed by atoms with Crippen LogP contribution in [0.5, 0.6) is 0 Å². The van der Waals surface area contributed by atoms with E-state index in [-0.39, 0.29) is 0 Å². The zero-order chi connectivity index (χ0) is 24.5. The quantitative estimate of drug-likeness (QED) is 0.221. The van der Waals surface area contributed by atoms with Gasteiger partial charge < -0.3 is 8.80 Å². The molecule has 0 amide bonds. The Morgan fingerprint density at radius 2 is 0.763 bits per heavy atom. The Balaban J connectivity index is 1.67. The molecular formula is C36H20N2. The van der Waals surface area contributed by atoms with Crippen LogP contribution in [0.4, 0.5) is 0 Å². The van der Waals surface area contributed by atoms with Crippen molar-refractivity contribution >= 4 is 76.2 Å². The fourth-order valence-electron chi connectivity index (χ4n) is 7.43. The van der Waals surface area contributed by atoms with E-state index in [1.807, 2.05) is 0 Å². The molecule has 0 aliphatic carbocycles. The van der Waals surface area contributed by atoms with Gasteiger partial charge in [0.05, 0.1) is 33.1 Å². The van der Waals surface area contributed by atoms with Crippen LogP contribution < -0.4 is 0 Å². The van der Waals surface area contributed by atoms with Crippen LogP contribution in [0.25, 0.3) is 87.3 Å². The molecule has 0 spiro atoms. The van der Waals surface area contributed by atoms with Gasteiger partial charge in [0, 0.05) is 43.1 Å². The first kappa shape index (κ1) is 19.1. The minimum absolute atomic E-state index is 1.26. The van der Waals surface area contributed by atoms with Gasteiger partial charge in [0.2, 0.25) is 0 Å². The lowest BCUT2D eigenvalue weighted by atomic mass is 9.94. The minimum Gasteiger partial charge on any atom is -0.308 e. The van der Waals surface area contributed by atoms with Crippen LogP contribution >= 0.6 is 0 Å². The Hall–Kier alpha value is -5.08. The molecule has 0 aliphatic rings. The minimum atomic E-state index is 1.26. The highest BCUT2D eigenvalue weighted by Crippen LogP contribution is 2.52. The van der Waals surface area contributed by atoms with Crippen molar-refractivity contribution in [3.05, 3.63) is 121 Å². The van der Waals surface area contributed by atoms with E-state index < -0.39 is 0 Å². The molecule has 174 valence electrons. The highest BCUT2D eigenvalue weighted by atomic mass is 14.9. The largest absolute Gasteiger partial charge is 0.308 e. The van der Waals surface area contributed by atoms with Crippen LogP contribution in [-0.2, 0) is 0 Å². The average Bonchev–Trinajstić information content (AvgIpc) is 3.70. The van der Waals surface area contributed by atoms with E-state index in [0.717, 1.165) is 0 Å². The van der Waals surface area contributed by atoms with Crippen molar-refractivity contribution in [2.75, 3.05) is 0 Å². The van der Waals surface area contributed by atoms with Gasteiger partial charge in [0.25, 0.3) is 0 Å². The normalized spacial score (nSPS) is 12.7. The summed E-state index contributed by atoms with van der Waals surface area (Å²) >= 11 is 0. The highest BCUT2D eigenvalue weighted by Gasteiger charge is 2.28. The van der Waals surface area contributed by atoms with Crippen LogP contribution in [0.15, 0.2) is 121 Å². The Kier molecular flexibility index (Phi) is 3.23.